The third kappa shape index (κ3) is 3.01. The summed E-state index contributed by atoms with van der Waals surface area (Å²) in [6.45, 7) is 5.14. The van der Waals surface area contributed by atoms with Gasteiger partial charge in [-0.3, -0.25) is 4.79 Å². The summed E-state index contributed by atoms with van der Waals surface area (Å²) in [5, 5.41) is 3.87. The number of carbonyl (C=O) groups excluding carboxylic acids is 1. The molecule has 0 unspecified atom stereocenters. The van der Waals surface area contributed by atoms with Gasteiger partial charge in [-0.15, -0.1) is 0 Å². The zero-order chi connectivity index (χ0) is 14.6. The molecule has 2 nitrogen and oxygen atoms in total. The highest BCUT2D eigenvalue weighted by atomic mass is 35.5. The number of carbonyl (C=O) groups is 1. The van der Waals surface area contributed by atoms with Crippen LogP contribution in [0.1, 0.15) is 51.5 Å². The second-order valence-corrected chi connectivity index (χ2v) is 6.27. The molecule has 0 atom stereocenters. The summed E-state index contributed by atoms with van der Waals surface area (Å²) in [6.07, 6.45) is 5.21. The number of hydrogen-bond donors (Lipinski definition) is 1. The van der Waals surface area contributed by atoms with Gasteiger partial charge in [-0.05, 0) is 36.5 Å². The van der Waals surface area contributed by atoms with Gasteiger partial charge in [-0.25, -0.2) is 0 Å². The summed E-state index contributed by atoms with van der Waals surface area (Å²) in [6, 6.07) is 7.77. The highest BCUT2D eigenvalue weighted by Crippen LogP contribution is 2.44. The van der Waals surface area contributed by atoms with Gasteiger partial charge in [-0.2, -0.15) is 0 Å². The van der Waals surface area contributed by atoms with E-state index in [2.05, 4.69) is 19.2 Å². The molecule has 1 aliphatic rings. The lowest BCUT2D eigenvalue weighted by Gasteiger charge is -2.41. The maximum atomic E-state index is 12.6. The van der Waals surface area contributed by atoms with Gasteiger partial charge < -0.3 is 5.32 Å². The van der Waals surface area contributed by atoms with E-state index >= 15 is 0 Å². The highest BCUT2D eigenvalue weighted by molar-refractivity contribution is 6.30. The topological polar surface area (TPSA) is 29.1 Å². The number of hydrogen-bond acceptors (Lipinski definition) is 1. The van der Waals surface area contributed by atoms with Crippen LogP contribution in [0.15, 0.2) is 24.3 Å². The van der Waals surface area contributed by atoms with Crippen molar-refractivity contribution in [2.75, 3.05) is 6.54 Å². The van der Waals surface area contributed by atoms with Crippen LogP contribution in [0.25, 0.3) is 0 Å². The molecule has 1 aromatic rings. The first-order valence-electron chi connectivity index (χ1n) is 7.66. The van der Waals surface area contributed by atoms with Crippen LogP contribution in [-0.2, 0) is 10.2 Å². The van der Waals surface area contributed by atoms with Crippen molar-refractivity contribution in [2.45, 2.75) is 51.4 Å². The Morgan fingerprint density at radius 2 is 2.05 bits per heavy atom. The van der Waals surface area contributed by atoms with Crippen molar-refractivity contribution in [2.24, 2.45) is 5.92 Å². The van der Waals surface area contributed by atoms with Crippen LogP contribution in [-0.4, -0.2) is 12.5 Å². The fourth-order valence-electron chi connectivity index (χ4n) is 2.95. The van der Waals surface area contributed by atoms with E-state index in [-0.39, 0.29) is 11.3 Å². The predicted octanol–water partition coefficient (Wildman–Crippen LogP) is 4.31. The fraction of sp³-hybridized carbons (Fsp3) is 0.588. The summed E-state index contributed by atoms with van der Waals surface area (Å²) in [4.78, 5) is 12.6. The molecule has 1 N–H and O–H groups in total. The zero-order valence-corrected chi connectivity index (χ0v) is 13.2. The van der Waals surface area contributed by atoms with Gasteiger partial charge in [-0.1, -0.05) is 56.8 Å². The smallest absolute Gasteiger partial charge is 0.230 e. The summed E-state index contributed by atoms with van der Waals surface area (Å²) >= 11 is 6.08. The molecule has 0 bridgehead atoms. The van der Waals surface area contributed by atoms with Crippen molar-refractivity contribution < 1.29 is 4.79 Å². The quantitative estimate of drug-likeness (QED) is 0.832. The molecule has 20 heavy (non-hydrogen) atoms. The van der Waals surface area contributed by atoms with E-state index in [1.165, 1.54) is 0 Å². The fourth-order valence-corrected chi connectivity index (χ4v) is 3.14. The molecule has 0 aliphatic heterocycles. The molecule has 0 spiro atoms. The van der Waals surface area contributed by atoms with Crippen LogP contribution in [0.5, 0.6) is 0 Å². The molecule has 1 amide bonds. The number of nitrogens with one attached hydrogen (secondary N) is 1. The maximum Gasteiger partial charge on any atom is 0.230 e. The Morgan fingerprint density at radius 3 is 2.55 bits per heavy atom. The zero-order valence-electron chi connectivity index (χ0n) is 12.4. The van der Waals surface area contributed by atoms with Gasteiger partial charge in [0, 0.05) is 11.6 Å². The van der Waals surface area contributed by atoms with Crippen molar-refractivity contribution in [3.05, 3.63) is 34.9 Å². The summed E-state index contributed by atoms with van der Waals surface area (Å²) in [5.74, 6) is 0.758. The van der Waals surface area contributed by atoms with Crippen molar-refractivity contribution in [3.8, 4) is 0 Å². The number of amides is 1. The summed E-state index contributed by atoms with van der Waals surface area (Å²) in [7, 11) is 0. The van der Waals surface area contributed by atoms with Crippen molar-refractivity contribution >= 4 is 17.5 Å². The minimum atomic E-state index is -0.336. The van der Waals surface area contributed by atoms with Gasteiger partial charge in [0.2, 0.25) is 5.91 Å². The minimum Gasteiger partial charge on any atom is -0.355 e. The van der Waals surface area contributed by atoms with Crippen molar-refractivity contribution in [1.29, 1.82) is 0 Å². The molecule has 1 aromatic carbocycles. The lowest BCUT2D eigenvalue weighted by molar-refractivity contribution is -0.130. The average molecular weight is 294 g/mol. The van der Waals surface area contributed by atoms with E-state index in [4.69, 9.17) is 11.6 Å². The molecule has 0 heterocycles. The van der Waals surface area contributed by atoms with E-state index in [0.29, 0.717) is 10.9 Å². The van der Waals surface area contributed by atoms with E-state index in [0.717, 1.165) is 44.2 Å². The van der Waals surface area contributed by atoms with Crippen LogP contribution in [0, 0.1) is 5.92 Å². The largest absolute Gasteiger partial charge is 0.355 e. The highest BCUT2D eigenvalue weighted by Gasteiger charge is 2.45. The van der Waals surface area contributed by atoms with E-state index in [1.807, 2.05) is 24.3 Å². The molecule has 0 radical (unpaired) electrons. The molecule has 1 fully saturated rings. The number of halogens is 1. The molecule has 0 saturated heterocycles. The minimum absolute atomic E-state index is 0.179. The lowest BCUT2D eigenvalue weighted by Crippen LogP contribution is -2.50. The standard InChI is InChI=1S/C17H24ClNO/c1-3-13(4-2)12-19-16(20)17(9-6-10-17)14-7-5-8-15(18)11-14/h5,7-8,11,13H,3-4,6,9-10,12H2,1-2H3,(H,19,20). The monoisotopic (exact) mass is 293 g/mol. The molecule has 1 saturated carbocycles. The molecule has 0 aromatic heterocycles. The third-order valence-corrected chi connectivity index (χ3v) is 4.96. The Labute approximate surface area is 126 Å². The van der Waals surface area contributed by atoms with E-state index in [1.54, 1.807) is 0 Å². The van der Waals surface area contributed by atoms with Crippen molar-refractivity contribution in [3.63, 3.8) is 0 Å². The van der Waals surface area contributed by atoms with Gasteiger partial charge in [0.1, 0.15) is 0 Å². The van der Waals surface area contributed by atoms with Crippen LogP contribution >= 0.6 is 11.6 Å². The SMILES string of the molecule is CCC(CC)CNC(=O)C1(c2cccc(Cl)c2)CCC1. The number of benzene rings is 1. The van der Waals surface area contributed by atoms with Gasteiger partial charge in [0.15, 0.2) is 0 Å². The van der Waals surface area contributed by atoms with Gasteiger partial charge in [0.25, 0.3) is 0 Å². The van der Waals surface area contributed by atoms with E-state index < -0.39 is 0 Å². The Morgan fingerprint density at radius 1 is 1.35 bits per heavy atom. The normalized spacial score (nSPS) is 16.8. The van der Waals surface area contributed by atoms with Crippen molar-refractivity contribution in [1.82, 2.24) is 5.32 Å². The molecule has 2 rings (SSSR count). The summed E-state index contributed by atoms with van der Waals surface area (Å²) in [5.41, 5.74) is 0.731. The van der Waals surface area contributed by atoms with E-state index in [9.17, 15) is 4.79 Å². The number of rotatable bonds is 6. The second-order valence-electron chi connectivity index (χ2n) is 5.84. The summed E-state index contributed by atoms with van der Waals surface area (Å²) < 4.78 is 0. The van der Waals surface area contributed by atoms with Crippen LogP contribution in [0.4, 0.5) is 0 Å². The molecular formula is C17H24ClNO. The Bertz CT molecular complexity index is 464. The second kappa shape index (κ2) is 6.62. The lowest BCUT2D eigenvalue weighted by atomic mass is 9.64. The molecular weight excluding hydrogens is 270 g/mol. The van der Waals surface area contributed by atoms with Crippen LogP contribution < -0.4 is 5.32 Å². The predicted molar refractivity (Wildman–Crippen MR) is 84.1 cm³/mol. The first kappa shape index (κ1) is 15.4. The Balaban J connectivity index is 2.09. The van der Waals surface area contributed by atoms with Gasteiger partial charge in [0.05, 0.1) is 5.41 Å². The first-order valence-corrected chi connectivity index (χ1v) is 8.04. The first-order chi connectivity index (χ1) is 9.62. The van der Waals surface area contributed by atoms with Gasteiger partial charge >= 0.3 is 0 Å². The Hall–Kier alpha value is -1.02. The van der Waals surface area contributed by atoms with Crippen LogP contribution in [0.3, 0.4) is 0 Å². The molecule has 3 heteroatoms. The Kier molecular flexibility index (Phi) is 5.09. The third-order valence-electron chi connectivity index (χ3n) is 4.72. The van der Waals surface area contributed by atoms with Crippen LogP contribution in [0.2, 0.25) is 5.02 Å². The average Bonchev–Trinajstić information content (AvgIpc) is 2.39. The molecule has 110 valence electrons. The molecule has 1 aliphatic carbocycles. The maximum absolute atomic E-state index is 12.6.